The van der Waals surface area contributed by atoms with Crippen molar-refractivity contribution in [2.45, 2.75) is 78.3 Å². The van der Waals surface area contributed by atoms with Crippen LogP contribution in [0.3, 0.4) is 0 Å². The van der Waals surface area contributed by atoms with Crippen LogP contribution in [0.4, 0.5) is 0 Å². The van der Waals surface area contributed by atoms with Crippen molar-refractivity contribution in [3.63, 3.8) is 0 Å². The third-order valence-electron chi connectivity index (χ3n) is 11.9. The topological polar surface area (TPSA) is 69.8 Å². The minimum Gasteiger partial charge on any atom is -0.306 e. The Morgan fingerprint density at radius 3 is 1.10 bits per heavy atom. The first-order chi connectivity index (χ1) is 29.6. The van der Waals surface area contributed by atoms with Crippen molar-refractivity contribution >= 4 is 43.6 Å². The van der Waals surface area contributed by atoms with Gasteiger partial charge < -0.3 is 9.13 Å². The van der Waals surface area contributed by atoms with Crippen LogP contribution in [0.1, 0.15) is 65.2 Å². The van der Waals surface area contributed by atoms with Crippen molar-refractivity contribution in [3.8, 4) is 44.8 Å². The number of unbranched alkanes of at least 4 members (excludes halogenated alkanes) is 6. The van der Waals surface area contributed by atoms with Crippen molar-refractivity contribution in [1.82, 2.24) is 19.1 Å². The fourth-order valence-electron chi connectivity index (χ4n) is 8.97. The van der Waals surface area contributed by atoms with Crippen molar-refractivity contribution in [2.75, 3.05) is 0 Å². The Bertz CT molecular complexity index is 2870. The molecule has 60 heavy (non-hydrogen) atoms. The van der Waals surface area contributed by atoms with Gasteiger partial charge in [0, 0.05) is 45.8 Å². The van der Waals surface area contributed by atoms with E-state index in [-0.39, 0.29) is 11.1 Å². The molecule has 4 aromatic heterocycles. The van der Waals surface area contributed by atoms with Crippen LogP contribution in [0.5, 0.6) is 0 Å². The smallest absolute Gasteiger partial charge is 0.277 e. The molecule has 0 saturated carbocycles. The number of nitrogens with zero attached hydrogens (tertiary/aromatic N) is 4. The molecule has 0 aliphatic rings. The van der Waals surface area contributed by atoms with Crippen LogP contribution in [-0.2, 0) is 13.1 Å². The second-order valence-corrected chi connectivity index (χ2v) is 15.9. The zero-order chi connectivity index (χ0) is 41.0. The number of hydrogen-bond acceptors (Lipinski definition) is 4. The van der Waals surface area contributed by atoms with Gasteiger partial charge in [0.1, 0.15) is 11.0 Å². The monoisotopic (exact) mass is 786 g/mol. The molecule has 6 heteroatoms. The van der Waals surface area contributed by atoms with Gasteiger partial charge in [-0.15, -0.1) is 0 Å². The zero-order valence-corrected chi connectivity index (χ0v) is 34.5. The first kappa shape index (κ1) is 38.8. The van der Waals surface area contributed by atoms with Gasteiger partial charge in [0.05, 0.1) is 22.4 Å². The van der Waals surface area contributed by atoms with Crippen molar-refractivity contribution in [2.24, 2.45) is 0 Å². The number of rotatable bonds is 14. The fraction of sp³-hybridized carbons (Fsp3) is 0.222. The minimum atomic E-state index is -0.118. The summed E-state index contributed by atoms with van der Waals surface area (Å²) in [5, 5.41) is 3.33. The summed E-state index contributed by atoms with van der Waals surface area (Å²) in [6.07, 6.45) is 8.30. The highest BCUT2D eigenvalue weighted by molar-refractivity contribution is 6.14. The second kappa shape index (κ2) is 17.3. The molecular weight excluding hydrogens is 737 g/mol. The Morgan fingerprint density at radius 2 is 0.750 bits per heavy atom. The van der Waals surface area contributed by atoms with Gasteiger partial charge in [-0.3, -0.25) is 9.59 Å². The third-order valence-corrected chi connectivity index (χ3v) is 11.9. The first-order valence-electron chi connectivity index (χ1n) is 21.7. The second-order valence-electron chi connectivity index (χ2n) is 15.9. The quantitative estimate of drug-likeness (QED) is 0.0625. The molecule has 0 bridgehead atoms. The number of aromatic nitrogens is 4. The number of benzene rings is 5. The summed E-state index contributed by atoms with van der Waals surface area (Å²) < 4.78 is 3.91. The Labute approximate surface area is 350 Å². The molecule has 9 rings (SSSR count). The van der Waals surface area contributed by atoms with Crippen LogP contribution >= 0.6 is 0 Å². The maximum atomic E-state index is 15.0. The van der Waals surface area contributed by atoms with Gasteiger partial charge in [-0.25, -0.2) is 9.97 Å². The van der Waals surface area contributed by atoms with Crippen molar-refractivity contribution in [1.29, 1.82) is 0 Å². The lowest BCUT2D eigenvalue weighted by atomic mass is 9.93. The van der Waals surface area contributed by atoms with Gasteiger partial charge in [-0.05, 0) is 47.2 Å². The Morgan fingerprint density at radius 1 is 0.400 bits per heavy atom. The van der Waals surface area contributed by atoms with Gasteiger partial charge in [-0.1, -0.05) is 186 Å². The lowest BCUT2D eigenvalue weighted by molar-refractivity contribution is 0.576. The number of fused-ring (bicyclic) bond motifs is 5. The van der Waals surface area contributed by atoms with E-state index in [2.05, 4.69) is 86.6 Å². The molecule has 0 unspecified atom stereocenters. The van der Waals surface area contributed by atoms with Gasteiger partial charge in [-0.2, -0.15) is 0 Å². The molecular formula is C54H50N4O2. The van der Waals surface area contributed by atoms with Crippen molar-refractivity contribution in [3.05, 3.63) is 166 Å². The zero-order valence-electron chi connectivity index (χ0n) is 34.5. The lowest BCUT2D eigenvalue weighted by Gasteiger charge is -2.21. The van der Waals surface area contributed by atoms with E-state index in [1.165, 1.54) is 0 Å². The highest BCUT2D eigenvalue weighted by atomic mass is 16.1. The van der Waals surface area contributed by atoms with Crippen LogP contribution in [-0.4, -0.2) is 19.1 Å². The molecule has 6 nitrogen and oxygen atoms in total. The predicted octanol–water partition coefficient (Wildman–Crippen LogP) is 13.2. The molecule has 0 aliphatic heterocycles. The Balaban J connectivity index is 1.36. The molecule has 0 N–H and O–H groups in total. The molecule has 0 amide bonds. The van der Waals surface area contributed by atoms with Crippen LogP contribution < -0.4 is 11.1 Å². The molecule has 0 saturated heterocycles. The van der Waals surface area contributed by atoms with Crippen LogP contribution in [0.2, 0.25) is 0 Å². The van der Waals surface area contributed by atoms with E-state index in [4.69, 9.17) is 9.97 Å². The van der Waals surface area contributed by atoms with E-state index < -0.39 is 0 Å². The number of pyridine rings is 4. The molecule has 0 fully saturated rings. The minimum absolute atomic E-state index is 0.118. The lowest BCUT2D eigenvalue weighted by Crippen LogP contribution is -2.24. The molecule has 0 radical (unpaired) electrons. The van der Waals surface area contributed by atoms with E-state index in [0.717, 1.165) is 118 Å². The molecule has 0 atom stereocenters. The molecule has 9 aromatic rings. The van der Waals surface area contributed by atoms with Gasteiger partial charge in [0.2, 0.25) is 0 Å². The van der Waals surface area contributed by atoms with E-state index in [1.807, 2.05) is 81.9 Å². The third kappa shape index (κ3) is 7.21. The number of hydrogen-bond donors (Lipinski definition) is 0. The summed E-state index contributed by atoms with van der Waals surface area (Å²) in [6, 6.07) is 49.6. The van der Waals surface area contributed by atoms with Crippen LogP contribution in [0.25, 0.3) is 88.4 Å². The SMILES string of the molecule is CCCCCCn1c(-c2ccccc2)c(-c2ccccc2)c2cc3ccc4cc5c(-c6ccccc6)c(-c6ccccc6)n(CCCCCC)c(=O)c5nc4c3nc2c1=O. The predicted molar refractivity (Wildman–Crippen MR) is 251 cm³/mol. The standard InChI is InChI=1S/C54H50N4O2/c1-3-5-7-21-33-57-51(39-27-17-11-18-28-39)45(37-23-13-9-14-24-37)43-35-41-31-32-42-36-44-46(38-25-15-10-16-26-38)52(40-29-19-12-20-30-40)58(34-22-8-6-4-2)54(60)50(44)56-48(42)47(41)55-49(43)53(57)59/h9-20,23-32,35-36H,3-8,21-22,33-34H2,1-2H3. The summed E-state index contributed by atoms with van der Waals surface area (Å²) in [5.74, 6) is 0. The first-order valence-corrected chi connectivity index (χ1v) is 21.7. The summed E-state index contributed by atoms with van der Waals surface area (Å²) in [5.41, 5.74) is 9.63. The largest absolute Gasteiger partial charge is 0.306 e. The van der Waals surface area contributed by atoms with Gasteiger partial charge in [0.15, 0.2) is 0 Å². The summed E-state index contributed by atoms with van der Waals surface area (Å²) >= 11 is 0. The van der Waals surface area contributed by atoms with E-state index in [1.54, 1.807) is 0 Å². The van der Waals surface area contributed by atoms with Gasteiger partial charge >= 0.3 is 0 Å². The average molecular weight is 787 g/mol. The maximum Gasteiger partial charge on any atom is 0.277 e. The van der Waals surface area contributed by atoms with E-state index >= 15 is 9.59 Å². The molecule has 298 valence electrons. The Hall–Kier alpha value is -6.66. The Kier molecular flexibility index (Phi) is 11.2. The van der Waals surface area contributed by atoms with Crippen molar-refractivity contribution < 1.29 is 0 Å². The summed E-state index contributed by atoms with van der Waals surface area (Å²) in [7, 11) is 0. The van der Waals surface area contributed by atoms with E-state index in [0.29, 0.717) is 35.2 Å². The van der Waals surface area contributed by atoms with Crippen LogP contribution in [0.15, 0.2) is 155 Å². The summed E-state index contributed by atoms with van der Waals surface area (Å²) in [6.45, 7) is 5.58. The highest BCUT2D eigenvalue weighted by Gasteiger charge is 2.24. The molecule has 0 aliphatic carbocycles. The maximum absolute atomic E-state index is 15.0. The highest BCUT2D eigenvalue weighted by Crippen LogP contribution is 2.41. The van der Waals surface area contributed by atoms with Crippen LogP contribution in [0, 0.1) is 0 Å². The molecule has 5 aromatic carbocycles. The normalized spacial score (nSPS) is 11.6. The average Bonchev–Trinajstić information content (AvgIpc) is 3.30. The molecule has 4 heterocycles. The summed E-state index contributed by atoms with van der Waals surface area (Å²) in [4.78, 5) is 40.6. The van der Waals surface area contributed by atoms with Gasteiger partial charge in [0.25, 0.3) is 11.1 Å². The fourth-order valence-corrected chi connectivity index (χ4v) is 8.97. The van der Waals surface area contributed by atoms with E-state index in [9.17, 15) is 0 Å². The molecule has 0 spiro atoms.